The first-order valence-corrected chi connectivity index (χ1v) is 6.63. The fraction of sp³-hybridized carbons (Fsp3) is 0.0667. The second-order valence-corrected chi connectivity index (χ2v) is 5.00. The maximum absolute atomic E-state index is 12.0. The number of hydrogen-bond acceptors (Lipinski definition) is 3. The molecule has 0 fully saturated rings. The minimum Gasteiger partial charge on any atom is -0.462 e. The van der Waals surface area contributed by atoms with E-state index in [0.29, 0.717) is 11.4 Å². The van der Waals surface area contributed by atoms with Crippen LogP contribution in [0.15, 0.2) is 50.9 Å². The van der Waals surface area contributed by atoms with Gasteiger partial charge in [-0.25, -0.2) is 0 Å². The molecule has 0 radical (unpaired) electrons. The number of carbonyl (C=O) groups excluding carboxylic acids is 1. The van der Waals surface area contributed by atoms with Gasteiger partial charge < -0.3 is 9.73 Å². The molecule has 0 unspecified atom stereocenters. The highest BCUT2D eigenvalue weighted by molar-refractivity contribution is 9.10. The van der Waals surface area contributed by atoms with Gasteiger partial charge in [-0.15, -0.1) is 0 Å². The highest BCUT2D eigenvalue weighted by atomic mass is 79.9. The number of nitriles is 1. The van der Waals surface area contributed by atoms with Crippen LogP contribution in [0.4, 0.5) is 5.69 Å². The molecule has 4 nitrogen and oxygen atoms in total. The molecule has 0 saturated heterocycles. The first-order chi connectivity index (χ1) is 9.58. The van der Waals surface area contributed by atoms with Gasteiger partial charge in [0.15, 0.2) is 0 Å². The lowest BCUT2D eigenvalue weighted by Gasteiger charge is -2.04. The molecule has 2 aromatic rings. The molecule has 0 aliphatic carbocycles. The highest BCUT2D eigenvalue weighted by Crippen LogP contribution is 2.17. The predicted octanol–water partition coefficient (Wildman–Crippen LogP) is 3.90. The van der Waals surface area contributed by atoms with Gasteiger partial charge in [0.1, 0.15) is 23.2 Å². The number of carbonyl (C=O) groups is 1. The summed E-state index contributed by atoms with van der Waals surface area (Å²) in [6.07, 6.45) is 1.42. The Morgan fingerprint density at radius 1 is 1.40 bits per heavy atom. The van der Waals surface area contributed by atoms with Crippen LogP contribution in [0.3, 0.4) is 0 Å². The lowest BCUT2D eigenvalue weighted by atomic mass is 10.2. The number of aryl methyl sites for hydroxylation is 1. The first kappa shape index (κ1) is 14.1. The van der Waals surface area contributed by atoms with Crippen molar-refractivity contribution in [1.82, 2.24) is 0 Å². The van der Waals surface area contributed by atoms with Crippen LogP contribution >= 0.6 is 15.9 Å². The van der Waals surface area contributed by atoms with Crippen molar-refractivity contribution in [2.24, 2.45) is 0 Å². The lowest BCUT2D eigenvalue weighted by molar-refractivity contribution is -0.112. The molecular formula is C15H11BrN2O2. The largest absolute Gasteiger partial charge is 0.462 e. The van der Waals surface area contributed by atoms with E-state index in [1.807, 2.05) is 12.1 Å². The standard InChI is InChI=1S/C15H11BrN2O2/c1-10-5-6-14(20-10)7-11(9-17)15(19)18-13-4-2-3-12(16)8-13/h2-8H,1H3,(H,18,19). The first-order valence-electron chi connectivity index (χ1n) is 5.83. The number of benzene rings is 1. The third-order valence-electron chi connectivity index (χ3n) is 2.50. The van der Waals surface area contributed by atoms with Crippen molar-refractivity contribution in [2.45, 2.75) is 6.92 Å². The Labute approximate surface area is 124 Å². The molecule has 1 aromatic heterocycles. The molecule has 100 valence electrons. The third kappa shape index (κ3) is 3.59. The van der Waals surface area contributed by atoms with Crippen molar-refractivity contribution in [3.8, 4) is 6.07 Å². The Bertz CT molecular complexity index is 711. The van der Waals surface area contributed by atoms with E-state index in [1.54, 1.807) is 37.3 Å². The van der Waals surface area contributed by atoms with E-state index < -0.39 is 5.91 Å². The zero-order chi connectivity index (χ0) is 14.5. The van der Waals surface area contributed by atoms with Gasteiger partial charge in [0, 0.05) is 16.2 Å². The van der Waals surface area contributed by atoms with Gasteiger partial charge >= 0.3 is 0 Å². The summed E-state index contributed by atoms with van der Waals surface area (Å²) in [6.45, 7) is 1.80. The smallest absolute Gasteiger partial charge is 0.266 e. The van der Waals surface area contributed by atoms with Gasteiger partial charge in [0.05, 0.1) is 0 Å². The van der Waals surface area contributed by atoms with E-state index in [4.69, 9.17) is 9.68 Å². The number of anilines is 1. The summed E-state index contributed by atoms with van der Waals surface area (Å²) in [6, 6.07) is 12.5. The molecule has 2 rings (SSSR count). The summed E-state index contributed by atoms with van der Waals surface area (Å²) in [5.41, 5.74) is 0.598. The van der Waals surface area contributed by atoms with E-state index in [9.17, 15) is 4.79 Å². The average Bonchev–Trinajstić information content (AvgIpc) is 2.81. The molecule has 5 heteroatoms. The zero-order valence-corrected chi connectivity index (χ0v) is 12.3. The lowest BCUT2D eigenvalue weighted by Crippen LogP contribution is -2.13. The SMILES string of the molecule is Cc1ccc(C=C(C#N)C(=O)Nc2cccc(Br)c2)o1. The van der Waals surface area contributed by atoms with Crippen molar-refractivity contribution >= 4 is 33.6 Å². The number of nitrogens with one attached hydrogen (secondary N) is 1. The van der Waals surface area contributed by atoms with Crippen LogP contribution in [-0.2, 0) is 4.79 Å². The summed E-state index contributed by atoms with van der Waals surface area (Å²) >= 11 is 3.32. The van der Waals surface area contributed by atoms with Crippen LogP contribution in [-0.4, -0.2) is 5.91 Å². The van der Waals surface area contributed by atoms with E-state index in [2.05, 4.69) is 21.2 Å². The molecule has 1 N–H and O–H groups in total. The number of nitrogens with zero attached hydrogens (tertiary/aromatic N) is 1. The van der Waals surface area contributed by atoms with E-state index in [0.717, 1.165) is 10.2 Å². The Hall–Kier alpha value is -2.32. The van der Waals surface area contributed by atoms with Crippen LogP contribution in [0.2, 0.25) is 0 Å². The van der Waals surface area contributed by atoms with Crippen LogP contribution in [0.1, 0.15) is 11.5 Å². The van der Waals surface area contributed by atoms with E-state index in [-0.39, 0.29) is 5.57 Å². The number of halogens is 1. The van der Waals surface area contributed by atoms with E-state index in [1.165, 1.54) is 6.08 Å². The van der Waals surface area contributed by atoms with Crippen molar-refractivity contribution < 1.29 is 9.21 Å². The summed E-state index contributed by atoms with van der Waals surface area (Å²) in [4.78, 5) is 12.0. The molecular weight excluding hydrogens is 320 g/mol. The number of furan rings is 1. The summed E-state index contributed by atoms with van der Waals surface area (Å²) in [7, 11) is 0. The molecule has 1 amide bonds. The molecule has 0 aliphatic rings. The predicted molar refractivity (Wildman–Crippen MR) is 79.8 cm³/mol. The van der Waals surface area contributed by atoms with Crippen LogP contribution in [0.25, 0.3) is 6.08 Å². The molecule has 0 spiro atoms. The second-order valence-electron chi connectivity index (χ2n) is 4.08. The summed E-state index contributed by atoms with van der Waals surface area (Å²) in [5.74, 6) is 0.726. The van der Waals surface area contributed by atoms with Crippen molar-refractivity contribution in [3.05, 3.63) is 58.0 Å². The molecule has 0 atom stereocenters. The van der Waals surface area contributed by atoms with Gasteiger partial charge in [0.25, 0.3) is 5.91 Å². The minimum atomic E-state index is -0.473. The fourth-order valence-electron chi connectivity index (χ4n) is 1.59. The normalized spacial score (nSPS) is 10.9. The Morgan fingerprint density at radius 3 is 2.80 bits per heavy atom. The molecule has 0 aliphatic heterocycles. The van der Waals surface area contributed by atoms with Crippen molar-refractivity contribution in [3.63, 3.8) is 0 Å². The fourth-order valence-corrected chi connectivity index (χ4v) is 1.99. The van der Waals surface area contributed by atoms with Crippen LogP contribution in [0, 0.1) is 18.3 Å². The molecule has 20 heavy (non-hydrogen) atoms. The van der Waals surface area contributed by atoms with Crippen molar-refractivity contribution in [2.75, 3.05) is 5.32 Å². The average molecular weight is 331 g/mol. The summed E-state index contributed by atoms with van der Waals surface area (Å²) in [5, 5.41) is 11.7. The molecule has 1 heterocycles. The topological polar surface area (TPSA) is 66.0 Å². The third-order valence-corrected chi connectivity index (χ3v) is 2.99. The molecule has 0 bridgehead atoms. The monoisotopic (exact) mass is 330 g/mol. The van der Waals surface area contributed by atoms with Gasteiger partial charge in [-0.05, 0) is 37.3 Å². The maximum Gasteiger partial charge on any atom is 0.266 e. The Morgan fingerprint density at radius 2 is 2.20 bits per heavy atom. The Balaban J connectivity index is 2.18. The van der Waals surface area contributed by atoms with Gasteiger partial charge in [-0.1, -0.05) is 22.0 Å². The maximum atomic E-state index is 12.0. The quantitative estimate of drug-likeness (QED) is 0.685. The van der Waals surface area contributed by atoms with Crippen molar-refractivity contribution in [1.29, 1.82) is 5.26 Å². The number of amides is 1. The van der Waals surface area contributed by atoms with E-state index >= 15 is 0 Å². The van der Waals surface area contributed by atoms with Crippen LogP contribution in [0.5, 0.6) is 0 Å². The number of hydrogen-bond donors (Lipinski definition) is 1. The van der Waals surface area contributed by atoms with Gasteiger partial charge in [-0.2, -0.15) is 5.26 Å². The number of rotatable bonds is 3. The van der Waals surface area contributed by atoms with Crippen LogP contribution < -0.4 is 5.32 Å². The molecule has 0 saturated carbocycles. The highest BCUT2D eigenvalue weighted by Gasteiger charge is 2.10. The zero-order valence-electron chi connectivity index (χ0n) is 10.7. The van der Waals surface area contributed by atoms with Gasteiger partial charge in [0.2, 0.25) is 0 Å². The van der Waals surface area contributed by atoms with Gasteiger partial charge in [-0.3, -0.25) is 4.79 Å². The minimum absolute atomic E-state index is 0.0145. The second kappa shape index (κ2) is 6.22. The summed E-state index contributed by atoms with van der Waals surface area (Å²) < 4.78 is 6.17. The Kier molecular flexibility index (Phi) is 4.38. The molecule has 1 aromatic carbocycles.